The van der Waals surface area contributed by atoms with Crippen LogP contribution < -0.4 is 11.3 Å². The molecule has 5 nitrogen and oxygen atoms in total. The van der Waals surface area contributed by atoms with Crippen LogP contribution in [0.5, 0.6) is 0 Å². The second kappa shape index (κ2) is 5.86. The van der Waals surface area contributed by atoms with E-state index in [-0.39, 0.29) is 5.91 Å². The number of halogens is 1. The van der Waals surface area contributed by atoms with Crippen molar-refractivity contribution >= 4 is 17.5 Å². The molecule has 1 atom stereocenters. The third kappa shape index (κ3) is 3.13. The summed E-state index contributed by atoms with van der Waals surface area (Å²) in [5.41, 5.74) is 3.81. The molecule has 100 valence electrons. The highest BCUT2D eigenvalue weighted by molar-refractivity contribution is 6.31. The lowest BCUT2D eigenvalue weighted by Crippen LogP contribution is -2.36. The van der Waals surface area contributed by atoms with Crippen molar-refractivity contribution in [1.82, 2.24) is 15.2 Å². The summed E-state index contributed by atoms with van der Waals surface area (Å²) in [6.45, 7) is 2.21. The molecule has 1 amide bonds. The summed E-state index contributed by atoms with van der Waals surface area (Å²) in [5, 5.41) is 4.84. The molecule has 0 fully saturated rings. The molecule has 2 rings (SSSR count). The van der Waals surface area contributed by atoms with Crippen LogP contribution in [0.25, 0.3) is 0 Å². The summed E-state index contributed by atoms with van der Waals surface area (Å²) in [6.07, 6.45) is 1.70. The van der Waals surface area contributed by atoms with Crippen LogP contribution in [0, 0.1) is 6.92 Å². The van der Waals surface area contributed by atoms with Crippen LogP contribution in [0.1, 0.15) is 17.2 Å². The van der Waals surface area contributed by atoms with Crippen LogP contribution in [0.2, 0.25) is 5.02 Å². The quantitative estimate of drug-likeness (QED) is 0.507. The fraction of sp³-hybridized carbons (Fsp3) is 0.231. The van der Waals surface area contributed by atoms with Crippen molar-refractivity contribution in [3.05, 3.63) is 52.8 Å². The number of nitrogens with one attached hydrogen (secondary N) is 1. The molecule has 2 aromatic rings. The van der Waals surface area contributed by atoms with Gasteiger partial charge in [-0.2, -0.15) is 5.10 Å². The molecule has 19 heavy (non-hydrogen) atoms. The van der Waals surface area contributed by atoms with Gasteiger partial charge < -0.3 is 0 Å². The Hall–Kier alpha value is -1.85. The van der Waals surface area contributed by atoms with E-state index in [9.17, 15) is 4.79 Å². The van der Waals surface area contributed by atoms with Gasteiger partial charge in [0.05, 0.1) is 23.2 Å². The van der Waals surface area contributed by atoms with Crippen LogP contribution in [-0.4, -0.2) is 15.7 Å². The fourth-order valence-corrected chi connectivity index (χ4v) is 2.05. The zero-order valence-corrected chi connectivity index (χ0v) is 11.3. The fourth-order valence-electron chi connectivity index (χ4n) is 1.90. The van der Waals surface area contributed by atoms with Gasteiger partial charge in [-0.25, -0.2) is 5.84 Å². The van der Waals surface area contributed by atoms with Crippen molar-refractivity contribution in [3.63, 3.8) is 0 Å². The first-order valence-electron chi connectivity index (χ1n) is 5.86. The van der Waals surface area contributed by atoms with Crippen molar-refractivity contribution in [1.29, 1.82) is 0 Å². The largest absolute Gasteiger partial charge is 0.294 e. The van der Waals surface area contributed by atoms with E-state index in [2.05, 4.69) is 10.5 Å². The molecule has 0 aliphatic rings. The molecule has 0 aliphatic heterocycles. The topological polar surface area (TPSA) is 72.9 Å². The van der Waals surface area contributed by atoms with Gasteiger partial charge in [-0.05, 0) is 12.5 Å². The lowest BCUT2D eigenvalue weighted by atomic mass is 9.98. The van der Waals surface area contributed by atoms with Crippen LogP contribution in [0.15, 0.2) is 36.5 Å². The SMILES string of the molecule is Cc1nn(CC(C(=O)NN)c2ccccc2)cc1Cl. The molecule has 0 bridgehead atoms. The maximum Gasteiger partial charge on any atom is 0.243 e. The number of carbonyl (C=O) groups is 1. The molecule has 1 unspecified atom stereocenters. The number of hydrogen-bond acceptors (Lipinski definition) is 3. The summed E-state index contributed by atoms with van der Waals surface area (Å²) >= 11 is 5.96. The Labute approximate surface area is 116 Å². The Bertz CT molecular complexity index is 548. The second-order valence-electron chi connectivity index (χ2n) is 4.26. The van der Waals surface area contributed by atoms with Gasteiger partial charge in [0.15, 0.2) is 0 Å². The molecule has 3 N–H and O–H groups in total. The lowest BCUT2D eigenvalue weighted by Gasteiger charge is -2.15. The summed E-state index contributed by atoms with van der Waals surface area (Å²) in [5.74, 6) is 4.59. The van der Waals surface area contributed by atoms with Crippen LogP contribution in [0.4, 0.5) is 0 Å². The Morgan fingerprint density at radius 1 is 1.47 bits per heavy atom. The molecule has 0 radical (unpaired) electrons. The number of aryl methyl sites for hydroxylation is 1. The first kappa shape index (κ1) is 13.6. The van der Waals surface area contributed by atoms with Crippen molar-refractivity contribution in [2.75, 3.05) is 0 Å². The average molecular weight is 279 g/mol. The van der Waals surface area contributed by atoms with E-state index in [1.807, 2.05) is 37.3 Å². The predicted octanol–water partition coefficient (Wildman–Crippen LogP) is 1.62. The third-order valence-electron chi connectivity index (χ3n) is 2.92. The predicted molar refractivity (Wildman–Crippen MR) is 73.5 cm³/mol. The Balaban J connectivity index is 2.26. The summed E-state index contributed by atoms with van der Waals surface area (Å²) in [4.78, 5) is 11.9. The standard InChI is InChI=1S/C13H15ClN4O/c1-9-12(14)8-18(17-9)7-11(13(19)16-15)10-5-3-2-4-6-10/h2-6,8,11H,7,15H2,1H3,(H,16,19). The molecule has 1 aromatic heterocycles. The van der Waals surface area contributed by atoms with Crippen molar-refractivity contribution in [3.8, 4) is 0 Å². The minimum Gasteiger partial charge on any atom is -0.294 e. The van der Waals surface area contributed by atoms with Crippen LogP contribution in [0.3, 0.4) is 0 Å². The minimum atomic E-state index is -0.401. The summed E-state index contributed by atoms with van der Waals surface area (Å²) < 4.78 is 1.66. The van der Waals surface area contributed by atoms with Gasteiger partial charge in [-0.15, -0.1) is 0 Å². The summed E-state index contributed by atoms with van der Waals surface area (Å²) in [7, 11) is 0. The number of nitrogens with two attached hydrogens (primary N) is 1. The number of carbonyl (C=O) groups excluding carboxylic acids is 1. The maximum absolute atomic E-state index is 11.9. The van der Waals surface area contributed by atoms with E-state index in [1.165, 1.54) is 0 Å². The van der Waals surface area contributed by atoms with Gasteiger partial charge in [-0.3, -0.25) is 14.9 Å². The highest BCUT2D eigenvalue weighted by Crippen LogP contribution is 2.20. The number of amides is 1. The van der Waals surface area contributed by atoms with Gasteiger partial charge in [0, 0.05) is 6.20 Å². The molecule has 1 aromatic carbocycles. The van der Waals surface area contributed by atoms with E-state index in [1.54, 1.807) is 10.9 Å². The number of aromatic nitrogens is 2. The number of hydrogen-bond donors (Lipinski definition) is 2. The van der Waals surface area contributed by atoms with Crippen LogP contribution >= 0.6 is 11.6 Å². The van der Waals surface area contributed by atoms with Gasteiger partial charge in [-0.1, -0.05) is 41.9 Å². The Kier molecular flexibility index (Phi) is 4.19. The van der Waals surface area contributed by atoms with Crippen molar-refractivity contribution in [2.45, 2.75) is 19.4 Å². The van der Waals surface area contributed by atoms with Crippen molar-refractivity contribution < 1.29 is 4.79 Å². The normalized spacial score (nSPS) is 12.2. The molecular weight excluding hydrogens is 264 g/mol. The van der Waals surface area contributed by atoms with Crippen molar-refractivity contribution in [2.24, 2.45) is 5.84 Å². The van der Waals surface area contributed by atoms with Gasteiger partial charge in [0.2, 0.25) is 5.91 Å². The van der Waals surface area contributed by atoms with E-state index < -0.39 is 5.92 Å². The van der Waals surface area contributed by atoms with Crippen LogP contribution in [-0.2, 0) is 11.3 Å². The van der Waals surface area contributed by atoms with Gasteiger partial charge >= 0.3 is 0 Å². The molecule has 0 spiro atoms. The average Bonchev–Trinajstić information content (AvgIpc) is 2.75. The molecule has 6 heteroatoms. The minimum absolute atomic E-state index is 0.254. The first-order chi connectivity index (χ1) is 9.11. The Morgan fingerprint density at radius 3 is 2.68 bits per heavy atom. The molecular formula is C13H15ClN4O. The lowest BCUT2D eigenvalue weighted by molar-refractivity contribution is -0.123. The first-order valence-corrected chi connectivity index (χ1v) is 6.24. The number of rotatable bonds is 4. The monoisotopic (exact) mass is 278 g/mol. The zero-order valence-electron chi connectivity index (χ0n) is 10.5. The smallest absolute Gasteiger partial charge is 0.243 e. The summed E-state index contributed by atoms with van der Waals surface area (Å²) in [6, 6.07) is 9.44. The maximum atomic E-state index is 11.9. The van der Waals surface area contributed by atoms with Gasteiger partial charge in [0.1, 0.15) is 0 Å². The number of nitrogens with zero attached hydrogens (tertiary/aromatic N) is 2. The van der Waals surface area contributed by atoms with E-state index >= 15 is 0 Å². The number of hydrazine groups is 1. The highest BCUT2D eigenvalue weighted by Gasteiger charge is 2.21. The Morgan fingerprint density at radius 2 is 2.16 bits per heavy atom. The van der Waals surface area contributed by atoms with E-state index in [4.69, 9.17) is 17.4 Å². The third-order valence-corrected chi connectivity index (χ3v) is 3.29. The highest BCUT2D eigenvalue weighted by atomic mass is 35.5. The van der Waals surface area contributed by atoms with Gasteiger partial charge in [0.25, 0.3) is 0 Å². The molecule has 1 heterocycles. The molecule has 0 aliphatic carbocycles. The van der Waals surface area contributed by atoms with E-state index in [0.717, 1.165) is 11.3 Å². The second-order valence-corrected chi connectivity index (χ2v) is 4.66. The molecule has 0 saturated carbocycles. The zero-order chi connectivity index (χ0) is 13.8. The van der Waals surface area contributed by atoms with E-state index in [0.29, 0.717) is 11.6 Å². The molecule has 0 saturated heterocycles. The number of benzene rings is 1.